The molecular formula is C22H24N2O3. The van der Waals surface area contributed by atoms with Crippen LogP contribution in [0.1, 0.15) is 36.5 Å². The van der Waals surface area contributed by atoms with Crippen molar-refractivity contribution in [1.82, 2.24) is 4.90 Å². The van der Waals surface area contributed by atoms with Gasteiger partial charge in [0.1, 0.15) is 0 Å². The van der Waals surface area contributed by atoms with Crippen LogP contribution >= 0.6 is 0 Å². The zero-order chi connectivity index (χ0) is 18.7. The summed E-state index contributed by atoms with van der Waals surface area (Å²) in [5.74, 6) is 0.416. The van der Waals surface area contributed by atoms with E-state index >= 15 is 0 Å². The Kier molecular flexibility index (Phi) is 3.74. The van der Waals surface area contributed by atoms with Gasteiger partial charge in [0.15, 0.2) is 0 Å². The quantitative estimate of drug-likeness (QED) is 0.599. The number of nitrogens with zero attached hydrogens (tertiary/aromatic N) is 2. The van der Waals surface area contributed by atoms with Crippen LogP contribution in [0.15, 0.2) is 36.4 Å². The minimum Gasteiger partial charge on any atom is -0.339 e. The van der Waals surface area contributed by atoms with Gasteiger partial charge in [-0.25, -0.2) is 4.90 Å². The molecular weight excluding hydrogens is 340 g/mol. The minimum absolute atomic E-state index is 0.00947. The number of imide groups is 1. The Morgan fingerprint density at radius 3 is 2.26 bits per heavy atom. The molecule has 1 aromatic carbocycles. The molecule has 0 N–H and O–H groups in total. The number of amides is 3. The predicted octanol–water partition coefficient (Wildman–Crippen LogP) is 2.87. The minimum atomic E-state index is -0.213. The maximum absolute atomic E-state index is 13.0. The van der Waals surface area contributed by atoms with Crippen LogP contribution in [-0.4, -0.2) is 35.7 Å². The van der Waals surface area contributed by atoms with E-state index in [0.29, 0.717) is 17.2 Å². The van der Waals surface area contributed by atoms with Crippen molar-refractivity contribution in [2.75, 3.05) is 18.0 Å². The van der Waals surface area contributed by atoms with Crippen LogP contribution < -0.4 is 4.90 Å². The number of benzene rings is 1. The molecule has 5 heteroatoms. The van der Waals surface area contributed by atoms with Gasteiger partial charge < -0.3 is 4.90 Å². The van der Waals surface area contributed by atoms with Crippen LogP contribution in [0.2, 0.25) is 0 Å². The number of allylic oxidation sites excluding steroid dienone is 2. The molecule has 1 aromatic rings. The monoisotopic (exact) mass is 364 g/mol. The molecule has 2 bridgehead atoms. The summed E-state index contributed by atoms with van der Waals surface area (Å²) in [6, 6.07) is 7.03. The number of hydrogen-bond donors (Lipinski definition) is 0. The van der Waals surface area contributed by atoms with Crippen molar-refractivity contribution in [3.8, 4) is 0 Å². The summed E-state index contributed by atoms with van der Waals surface area (Å²) in [5, 5.41) is 0. The summed E-state index contributed by atoms with van der Waals surface area (Å²) in [6.45, 7) is 3.75. The molecule has 4 unspecified atom stereocenters. The highest BCUT2D eigenvalue weighted by molar-refractivity contribution is 6.23. The molecule has 5 nitrogen and oxygen atoms in total. The Hall–Kier alpha value is -2.43. The normalized spacial score (nSPS) is 32.5. The number of fused-ring (bicyclic) bond motifs is 5. The zero-order valence-electron chi connectivity index (χ0n) is 15.5. The Morgan fingerprint density at radius 1 is 1.00 bits per heavy atom. The number of anilines is 1. The van der Waals surface area contributed by atoms with E-state index in [1.807, 2.05) is 4.90 Å². The lowest BCUT2D eigenvalue weighted by Crippen LogP contribution is -2.38. The second kappa shape index (κ2) is 6.04. The fourth-order valence-electron chi connectivity index (χ4n) is 5.33. The Balaban J connectivity index is 1.41. The van der Waals surface area contributed by atoms with Crippen molar-refractivity contribution in [1.29, 1.82) is 0 Å². The lowest BCUT2D eigenvalue weighted by molar-refractivity contribution is -0.123. The molecule has 1 saturated carbocycles. The van der Waals surface area contributed by atoms with Gasteiger partial charge in [0.05, 0.1) is 17.5 Å². The second-order valence-electron chi connectivity index (χ2n) is 8.54. The SMILES string of the molecule is CC1CCN(C(=O)c2cccc(N3C(=O)C4C5C=CC(C5)C4C3=O)c2)CC1. The highest BCUT2D eigenvalue weighted by Gasteiger charge is 2.59. The second-order valence-corrected chi connectivity index (χ2v) is 8.54. The van der Waals surface area contributed by atoms with Gasteiger partial charge in [-0.05, 0) is 55.2 Å². The average Bonchev–Trinajstić information content (AvgIpc) is 3.36. The van der Waals surface area contributed by atoms with E-state index in [0.717, 1.165) is 32.4 Å². The van der Waals surface area contributed by atoms with E-state index in [1.165, 1.54) is 4.90 Å². The molecule has 4 atom stereocenters. The number of carbonyl (C=O) groups is 3. The van der Waals surface area contributed by atoms with Crippen LogP contribution in [0.4, 0.5) is 5.69 Å². The number of piperidine rings is 1. The number of likely N-dealkylation sites (tertiary alicyclic amines) is 1. The number of carbonyl (C=O) groups excluding carboxylic acids is 3. The highest BCUT2D eigenvalue weighted by Crippen LogP contribution is 2.53. The van der Waals surface area contributed by atoms with E-state index in [2.05, 4.69) is 19.1 Å². The van der Waals surface area contributed by atoms with Gasteiger partial charge in [0, 0.05) is 18.7 Å². The topological polar surface area (TPSA) is 57.7 Å². The van der Waals surface area contributed by atoms with Crippen molar-refractivity contribution in [2.24, 2.45) is 29.6 Å². The molecule has 2 aliphatic carbocycles. The van der Waals surface area contributed by atoms with Crippen molar-refractivity contribution in [3.05, 3.63) is 42.0 Å². The third-order valence-corrected chi connectivity index (χ3v) is 6.89. The Bertz CT molecular complexity index is 823. The summed E-state index contributed by atoms with van der Waals surface area (Å²) in [6.07, 6.45) is 7.16. The average molecular weight is 364 g/mol. The molecule has 4 aliphatic rings. The largest absolute Gasteiger partial charge is 0.339 e. The maximum atomic E-state index is 13.0. The first-order valence-electron chi connectivity index (χ1n) is 10.00. The van der Waals surface area contributed by atoms with Gasteiger partial charge in [0.25, 0.3) is 5.91 Å². The Labute approximate surface area is 159 Å². The van der Waals surface area contributed by atoms with Crippen molar-refractivity contribution in [3.63, 3.8) is 0 Å². The van der Waals surface area contributed by atoms with E-state index in [-0.39, 0.29) is 41.4 Å². The van der Waals surface area contributed by atoms with Gasteiger partial charge in [-0.15, -0.1) is 0 Å². The molecule has 3 amide bonds. The van der Waals surface area contributed by atoms with E-state index in [4.69, 9.17) is 0 Å². The van der Waals surface area contributed by atoms with Gasteiger partial charge in [-0.3, -0.25) is 14.4 Å². The fourth-order valence-corrected chi connectivity index (χ4v) is 5.33. The summed E-state index contributed by atoms with van der Waals surface area (Å²) < 4.78 is 0. The molecule has 2 aliphatic heterocycles. The lowest BCUT2D eigenvalue weighted by Gasteiger charge is -2.30. The molecule has 2 heterocycles. The predicted molar refractivity (Wildman–Crippen MR) is 101 cm³/mol. The molecule has 5 rings (SSSR count). The van der Waals surface area contributed by atoms with Crippen LogP contribution in [0.3, 0.4) is 0 Å². The van der Waals surface area contributed by atoms with Gasteiger partial charge in [0.2, 0.25) is 11.8 Å². The van der Waals surface area contributed by atoms with Crippen LogP contribution in [0.25, 0.3) is 0 Å². The first-order valence-corrected chi connectivity index (χ1v) is 10.00. The Morgan fingerprint density at radius 2 is 1.63 bits per heavy atom. The summed E-state index contributed by atoms with van der Waals surface area (Å²) >= 11 is 0. The van der Waals surface area contributed by atoms with E-state index in [9.17, 15) is 14.4 Å². The maximum Gasteiger partial charge on any atom is 0.253 e. The zero-order valence-corrected chi connectivity index (χ0v) is 15.5. The lowest BCUT2D eigenvalue weighted by atomic mass is 9.85. The van der Waals surface area contributed by atoms with Crippen LogP contribution in [0, 0.1) is 29.6 Å². The fraction of sp³-hybridized carbons (Fsp3) is 0.500. The smallest absolute Gasteiger partial charge is 0.253 e. The van der Waals surface area contributed by atoms with Crippen molar-refractivity contribution in [2.45, 2.75) is 26.2 Å². The van der Waals surface area contributed by atoms with Crippen LogP contribution in [-0.2, 0) is 9.59 Å². The standard InChI is InChI=1S/C22H24N2O3/c1-13-7-9-23(10-8-13)20(25)16-3-2-4-17(12-16)24-21(26)18-14-5-6-15(11-14)19(18)22(24)27/h2-6,12-15,18-19H,7-11H2,1H3. The molecule has 3 fully saturated rings. The number of hydrogen-bond acceptors (Lipinski definition) is 3. The third kappa shape index (κ3) is 2.47. The first kappa shape index (κ1) is 16.7. The molecule has 0 aromatic heterocycles. The summed E-state index contributed by atoms with van der Waals surface area (Å²) in [5.41, 5.74) is 1.09. The van der Waals surface area contributed by atoms with E-state index in [1.54, 1.807) is 24.3 Å². The van der Waals surface area contributed by atoms with Gasteiger partial charge >= 0.3 is 0 Å². The van der Waals surface area contributed by atoms with Gasteiger partial charge in [-0.2, -0.15) is 0 Å². The summed E-state index contributed by atoms with van der Waals surface area (Å²) in [4.78, 5) is 42.0. The molecule has 140 valence electrons. The van der Waals surface area contributed by atoms with Crippen molar-refractivity contribution >= 4 is 23.4 Å². The van der Waals surface area contributed by atoms with E-state index < -0.39 is 0 Å². The molecule has 2 saturated heterocycles. The van der Waals surface area contributed by atoms with Crippen LogP contribution in [0.5, 0.6) is 0 Å². The highest BCUT2D eigenvalue weighted by atomic mass is 16.2. The van der Waals surface area contributed by atoms with Crippen molar-refractivity contribution < 1.29 is 14.4 Å². The number of rotatable bonds is 2. The molecule has 0 radical (unpaired) electrons. The first-order chi connectivity index (χ1) is 13.0. The molecule has 0 spiro atoms. The summed E-state index contributed by atoms with van der Waals surface area (Å²) in [7, 11) is 0. The molecule has 27 heavy (non-hydrogen) atoms. The van der Waals surface area contributed by atoms with Gasteiger partial charge in [-0.1, -0.05) is 25.1 Å². The third-order valence-electron chi connectivity index (χ3n) is 6.89.